The number of nitrogens with two attached hydrogens (primary N) is 1. The van der Waals surface area contributed by atoms with Crippen LogP contribution in [0.1, 0.15) is 41.8 Å². The number of carbonyl (C=O) groups excluding carboxylic acids is 1. The molecule has 0 radical (unpaired) electrons. The molecule has 4 N–H and O–H groups in total. The smallest absolute Gasteiger partial charge is 0.249 e. The summed E-state index contributed by atoms with van der Waals surface area (Å²) in [5, 5.41) is 6.97. The van der Waals surface area contributed by atoms with Crippen LogP contribution in [-0.4, -0.2) is 25.0 Å². The van der Waals surface area contributed by atoms with Gasteiger partial charge in [-0.25, -0.2) is 0 Å². The summed E-state index contributed by atoms with van der Waals surface area (Å²) < 4.78 is 0. The van der Waals surface area contributed by atoms with Crippen molar-refractivity contribution < 1.29 is 4.79 Å². The predicted octanol–water partition coefficient (Wildman–Crippen LogP) is 1.91. The quantitative estimate of drug-likeness (QED) is 0.786. The Kier molecular flexibility index (Phi) is 3.26. The van der Waals surface area contributed by atoms with Crippen LogP contribution in [-0.2, 0) is 6.42 Å². The number of anilines is 1. The number of nitrogens with one attached hydrogen (secondary N) is 2. The van der Waals surface area contributed by atoms with Crippen molar-refractivity contribution >= 4 is 17.2 Å². The Bertz CT molecular complexity index is 598. The van der Waals surface area contributed by atoms with Crippen molar-refractivity contribution in [3.05, 3.63) is 34.4 Å². The number of primary amides is 1. The van der Waals surface area contributed by atoms with Crippen LogP contribution < -0.4 is 16.4 Å². The molecule has 0 bridgehead atoms. The van der Waals surface area contributed by atoms with E-state index in [1.807, 2.05) is 12.1 Å². The van der Waals surface area contributed by atoms with Gasteiger partial charge in [0.1, 0.15) is 0 Å². The Morgan fingerprint density at radius 1 is 1.40 bits per heavy atom. The molecular weight excluding hydrogens is 250 g/mol. The minimum atomic E-state index is -0.335. The van der Waals surface area contributed by atoms with E-state index in [9.17, 15) is 4.79 Å². The second kappa shape index (κ2) is 4.94. The van der Waals surface area contributed by atoms with E-state index in [4.69, 9.17) is 5.73 Å². The third kappa shape index (κ3) is 2.10. The van der Waals surface area contributed by atoms with Crippen molar-refractivity contribution in [1.82, 2.24) is 5.32 Å². The third-order valence-corrected chi connectivity index (χ3v) is 4.46. The monoisotopic (exact) mass is 271 g/mol. The molecule has 3 rings (SSSR count). The minimum Gasteiger partial charge on any atom is -0.380 e. The van der Waals surface area contributed by atoms with Gasteiger partial charge >= 0.3 is 0 Å². The Morgan fingerprint density at radius 3 is 2.85 bits per heavy atom. The summed E-state index contributed by atoms with van der Waals surface area (Å²) in [6.45, 7) is 6.31. The van der Waals surface area contributed by atoms with Crippen molar-refractivity contribution in [2.75, 3.05) is 18.4 Å². The molecule has 1 fully saturated rings. The highest BCUT2D eigenvalue weighted by Gasteiger charge is 2.25. The Labute approximate surface area is 119 Å². The lowest BCUT2D eigenvalue weighted by Gasteiger charge is -2.18. The van der Waals surface area contributed by atoms with Gasteiger partial charge in [-0.3, -0.25) is 4.79 Å². The van der Waals surface area contributed by atoms with Gasteiger partial charge in [0.2, 0.25) is 5.91 Å². The van der Waals surface area contributed by atoms with Crippen LogP contribution in [0.5, 0.6) is 0 Å². The second-order valence-electron chi connectivity index (χ2n) is 5.79. The number of fused-ring (bicyclic) bond motifs is 1. The number of amides is 1. The molecular formula is C16H21N3O. The maximum atomic E-state index is 11.6. The normalized spacial score (nSPS) is 21.2. The summed E-state index contributed by atoms with van der Waals surface area (Å²) in [7, 11) is 0. The van der Waals surface area contributed by atoms with Gasteiger partial charge in [0.25, 0.3) is 0 Å². The summed E-state index contributed by atoms with van der Waals surface area (Å²) in [5.41, 5.74) is 12.2. The SMILES string of the molecule is CC1=C(C)c2c(N[C@H]3CCNC3)ccc(C(N)=O)c2C1. The van der Waals surface area contributed by atoms with Gasteiger partial charge in [-0.15, -0.1) is 0 Å². The molecule has 1 aliphatic carbocycles. The van der Waals surface area contributed by atoms with Gasteiger partial charge in [-0.2, -0.15) is 0 Å². The van der Waals surface area contributed by atoms with Crippen LogP contribution in [0, 0.1) is 0 Å². The highest BCUT2D eigenvalue weighted by atomic mass is 16.1. The van der Waals surface area contributed by atoms with Gasteiger partial charge in [-0.05, 0) is 56.5 Å². The molecule has 2 aliphatic rings. The first-order valence-corrected chi connectivity index (χ1v) is 7.17. The second-order valence-corrected chi connectivity index (χ2v) is 5.79. The van der Waals surface area contributed by atoms with E-state index in [0.29, 0.717) is 11.6 Å². The average Bonchev–Trinajstić information content (AvgIpc) is 2.99. The zero-order chi connectivity index (χ0) is 14.3. The Hall–Kier alpha value is -1.81. The zero-order valence-corrected chi connectivity index (χ0v) is 12.0. The van der Waals surface area contributed by atoms with Crippen LogP contribution >= 0.6 is 0 Å². The molecule has 1 aromatic carbocycles. The van der Waals surface area contributed by atoms with E-state index in [-0.39, 0.29) is 5.91 Å². The van der Waals surface area contributed by atoms with E-state index < -0.39 is 0 Å². The van der Waals surface area contributed by atoms with Gasteiger partial charge in [0, 0.05) is 29.4 Å². The molecule has 0 spiro atoms. The number of rotatable bonds is 3. The number of hydrogen-bond donors (Lipinski definition) is 3. The molecule has 0 aromatic heterocycles. The number of benzene rings is 1. The van der Waals surface area contributed by atoms with E-state index in [1.165, 1.54) is 16.7 Å². The lowest BCUT2D eigenvalue weighted by Crippen LogP contribution is -2.23. The first-order chi connectivity index (χ1) is 9.58. The molecule has 4 nitrogen and oxygen atoms in total. The van der Waals surface area contributed by atoms with E-state index in [0.717, 1.165) is 37.2 Å². The molecule has 0 unspecified atom stereocenters. The van der Waals surface area contributed by atoms with Crippen molar-refractivity contribution in [2.24, 2.45) is 5.73 Å². The van der Waals surface area contributed by atoms with Crippen molar-refractivity contribution in [1.29, 1.82) is 0 Å². The van der Waals surface area contributed by atoms with Crippen LogP contribution in [0.2, 0.25) is 0 Å². The molecule has 1 atom stereocenters. The van der Waals surface area contributed by atoms with E-state index in [1.54, 1.807) is 0 Å². The fraction of sp³-hybridized carbons (Fsp3) is 0.438. The van der Waals surface area contributed by atoms with Crippen molar-refractivity contribution in [3.8, 4) is 0 Å². The lowest BCUT2D eigenvalue weighted by atomic mass is 9.97. The molecule has 1 saturated heterocycles. The zero-order valence-electron chi connectivity index (χ0n) is 12.0. The van der Waals surface area contributed by atoms with Crippen LogP contribution in [0.4, 0.5) is 5.69 Å². The van der Waals surface area contributed by atoms with E-state index in [2.05, 4.69) is 24.5 Å². The highest BCUT2D eigenvalue weighted by Crippen LogP contribution is 2.39. The van der Waals surface area contributed by atoms with Gasteiger partial charge in [0.15, 0.2) is 0 Å². The summed E-state index contributed by atoms with van der Waals surface area (Å²) >= 11 is 0. The maximum absolute atomic E-state index is 11.6. The summed E-state index contributed by atoms with van der Waals surface area (Å²) in [6.07, 6.45) is 1.96. The highest BCUT2D eigenvalue weighted by molar-refractivity contribution is 5.99. The number of allylic oxidation sites excluding steroid dienone is 2. The van der Waals surface area contributed by atoms with Gasteiger partial charge < -0.3 is 16.4 Å². The summed E-state index contributed by atoms with van der Waals surface area (Å²) in [4.78, 5) is 11.6. The molecule has 1 aliphatic heterocycles. The number of carbonyl (C=O) groups is 1. The molecule has 4 heteroatoms. The molecule has 1 heterocycles. The van der Waals surface area contributed by atoms with Gasteiger partial charge in [0.05, 0.1) is 0 Å². The molecule has 0 saturated carbocycles. The third-order valence-electron chi connectivity index (χ3n) is 4.46. The van der Waals surface area contributed by atoms with Crippen LogP contribution in [0.25, 0.3) is 5.57 Å². The van der Waals surface area contributed by atoms with Gasteiger partial charge in [-0.1, -0.05) is 5.57 Å². The summed E-state index contributed by atoms with van der Waals surface area (Å²) in [5.74, 6) is -0.335. The number of hydrogen-bond acceptors (Lipinski definition) is 3. The fourth-order valence-corrected chi connectivity index (χ4v) is 3.22. The predicted molar refractivity (Wildman–Crippen MR) is 81.8 cm³/mol. The molecule has 106 valence electrons. The maximum Gasteiger partial charge on any atom is 0.249 e. The summed E-state index contributed by atoms with van der Waals surface area (Å²) in [6, 6.07) is 4.32. The minimum absolute atomic E-state index is 0.335. The topological polar surface area (TPSA) is 67.2 Å². The van der Waals surface area contributed by atoms with Crippen LogP contribution in [0.15, 0.2) is 17.7 Å². The first kappa shape index (κ1) is 13.2. The van der Waals surface area contributed by atoms with Crippen molar-refractivity contribution in [3.63, 3.8) is 0 Å². The average molecular weight is 271 g/mol. The Balaban J connectivity index is 2.03. The molecule has 20 heavy (non-hydrogen) atoms. The Morgan fingerprint density at radius 2 is 2.20 bits per heavy atom. The van der Waals surface area contributed by atoms with Crippen LogP contribution in [0.3, 0.4) is 0 Å². The first-order valence-electron chi connectivity index (χ1n) is 7.17. The fourth-order valence-electron chi connectivity index (χ4n) is 3.22. The van der Waals surface area contributed by atoms with Crippen molar-refractivity contribution in [2.45, 2.75) is 32.7 Å². The standard InChI is InChI=1S/C16H21N3O/c1-9-7-13-12(16(17)20)3-4-14(15(13)10(9)2)19-11-5-6-18-8-11/h3-4,11,18-19H,5-8H2,1-2H3,(H2,17,20)/t11-/m0/s1. The molecule has 1 amide bonds. The lowest BCUT2D eigenvalue weighted by molar-refractivity contribution is 0.0999. The van der Waals surface area contributed by atoms with E-state index >= 15 is 0 Å². The largest absolute Gasteiger partial charge is 0.380 e. The molecule has 1 aromatic rings.